The average Bonchev–Trinajstić information content (AvgIpc) is 2.83. The second kappa shape index (κ2) is 11.2. The molecule has 0 spiro atoms. The molecule has 6 heteroatoms. The van der Waals surface area contributed by atoms with E-state index in [4.69, 9.17) is 21.7 Å². The molecule has 0 aliphatic heterocycles. The topological polar surface area (TPSA) is 59.6 Å². The van der Waals surface area contributed by atoms with Crippen molar-refractivity contribution in [1.82, 2.24) is 5.32 Å². The lowest BCUT2D eigenvalue weighted by atomic mass is 9.86. The van der Waals surface area contributed by atoms with Crippen molar-refractivity contribution in [3.8, 4) is 11.5 Å². The van der Waals surface area contributed by atoms with Crippen molar-refractivity contribution in [3.05, 3.63) is 89.0 Å². The summed E-state index contributed by atoms with van der Waals surface area (Å²) >= 11 is 5.44. The fraction of sp³-hybridized carbons (Fsp3) is 0.286. The van der Waals surface area contributed by atoms with Crippen LogP contribution in [0.3, 0.4) is 0 Å². The number of anilines is 1. The van der Waals surface area contributed by atoms with Crippen LogP contribution in [0.5, 0.6) is 11.5 Å². The summed E-state index contributed by atoms with van der Waals surface area (Å²) < 4.78 is 10.6. The largest absolute Gasteiger partial charge is 0.493 e. The van der Waals surface area contributed by atoms with E-state index in [2.05, 4.69) is 31.4 Å². The number of methoxy groups -OCH3 is 2. The molecule has 34 heavy (non-hydrogen) atoms. The van der Waals surface area contributed by atoms with Crippen LogP contribution in [0.25, 0.3) is 0 Å². The first-order chi connectivity index (χ1) is 16.2. The third kappa shape index (κ3) is 6.58. The standard InChI is InChI=1S/C28H32N2O3S/c1-28(2,3)22-12-10-20(11-13-22)26(31)21-7-6-8-23(18-21)30-27(34)29-16-15-19-9-14-24(32-4)25(17-19)33-5/h6-14,17-18H,15-16H2,1-5H3,(H2,29,30,34). The molecular weight excluding hydrogens is 444 g/mol. The van der Waals surface area contributed by atoms with Gasteiger partial charge in [0.05, 0.1) is 14.2 Å². The molecule has 0 atom stereocenters. The van der Waals surface area contributed by atoms with Crippen LogP contribution in [-0.4, -0.2) is 31.7 Å². The summed E-state index contributed by atoms with van der Waals surface area (Å²) in [6, 6.07) is 21.1. The number of thiocarbonyl (C=S) groups is 1. The molecule has 0 fully saturated rings. The van der Waals surface area contributed by atoms with Crippen molar-refractivity contribution in [2.75, 3.05) is 26.1 Å². The van der Waals surface area contributed by atoms with Crippen LogP contribution >= 0.6 is 12.2 Å². The lowest BCUT2D eigenvalue weighted by molar-refractivity contribution is 0.103. The van der Waals surface area contributed by atoms with Gasteiger partial charge in [-0.25, -0.2) is 0 Å². The van der Waals surface area contributed by atoms with Crippen LogP contribution in [0, 0.1) is 0 Å². The third-order valence-electron chi connectivity index (χ3n) is 5.54. The summed E-state index contributed by atoms with van der Waals surface area (Å²) in [6.07, 6.45) is 0.769. The Morgan fingerprint density at radius 1 is 0.882 bits per heavy atom. The molecule has 178 valence electrons. The number of ketones is 1. The number of rotatable bonds is 8. The Balaban J connectivity index is 1.57. The first kappa shape index (κ1) is 25.2. The van der Waals surface area contributed by atoms with Gasteiger partial charge in [-0.3, -0.25) is 4.79 Å². The van der Waals surface area contributed by atoms with E-state index in [0.29, 0.717) is 34.3 Å². The molecule has 0 amide bonds. The molecule has 5 nitrogen and oxygen atoms in total. The molecule has 2 N–H and O–H groups in total. The zero-order valence-corrected chi connectivity index (χ0v) is 21.2. The zero-order valence-electron chi connectivity index (χ0n) is 20.4. The number of benzene rings is 3. The Kier molecular flexibility index (Phi) is 8.29. The summed E-state index contributed by atoms with van der Waals surface area (Å²) in [6.45, 7) is 7.12. The molecule has 0 aromatic heterocycles. The minimum absolute atomic E-state index is 0.0172. The monoisotopic (exact) mass is 476 g/mol. The van der Waals surface area contributed by atoms with E-state index in [1.807, 2.05) is 66.7 Å². The number of hydrogen-bond acceptors (Lipinski definition) is 4. The van der Waals surface area contributed by atoms with E-state index in [1.54, 1.807) is 14.2 Å². The van der Waals surface area contributed by atoms with Gasteiger partial charge in [0, 0.05) is 23.4 Å². The van der Waals surface area contributed by atoms with Crippen molar-refractivity contribution >= 4 is 28.8 Å². The summed E-state index contributed by atoms with van der Waals surface area (Å²) in [4.78, 5) is 13.0. The second-order valence-electron chi connectivity index (χ2n) is 9.06. The molecule has 0 aliphatic carbocycles. The fourth-order valence-electron chi connectivity index (χ4n) is 3.56. The molecular formula is C28H32N2O3S. The smallest absolute Gasteiger partial charge is 0.193 e. The summed E-state index contributed by atoms with van der Waals surface area (Å²) in [5, 5.41) is 6.88. The number of hydrogen-bond donors (Lipinski definition) is 2. The highest BCUT2D eigenvalue weighted by molar-refractivity contribution is 7.80. The van der Waals surface area contributed by atoms with Gasteiger partial charge in [-0.2, -0.15) is 0 Å². The van der Waals surface area contributed by atoms with Gasteiger partial charge >= 0.3 is 0 Å². The molecule has 0 bridgehead atoms. The summed E-state index contributed by atoms with van der Waals surface area (Å²) in [5.74, 6) is 1.39. The van der Waals surface area contributed by atoms with Crippen LogP contribution in [0.15, 0.2) is 66.7 Å². The second-order valence-corrected chi connectivity index (χ2v) is 9.47. The van der Waals surface area contributed by atoms with E-state index >= 15 is 0 Å². The number of nitrogens with one attached hydrogen (secondary N) is 2. The highest BCUT2D eigenvalue weighted by Crippen LogP contribution is 2.27. The molecule has 3 aromatic carbocycles. The van der Waals surface area contributed by atoms with E-state index < -0.39 is 0 Å². The van der Waals surface area contributed by atoms with E-state index in [-0.39, 0.29) is 11.2 Å². The lowest BCUT2D eigenvalue weighted by Crippen LogP contribution is -2.30. The summed E-state index contributed by atoms with van der Waals surface area (Å²) in [5.41, 5.74) is 4.40. The third-order valence-corrected chi connectivity index (χ3v) is 5.79. The van der Waals surface area contributed by atoms with Crippen LogP contribution < -0.4 is 20.1 Å². The Bertz CT molecular complexity index is 1150. The first-order valence-corrected chi connectivity index (χ1v) is 11.6. The SMILES string of the molecule is COc1ccc(CCNC(=S)Nc2cccc(C(=O)c3ccc(C(C)(C)C)cc3)c2)cc1OC. The van der Waals surface area contributed by atoms with E-state index in [1.165, 1.54) is 5.56 Å². The predicted molar refractivity (Wildman–Crippen MR) is 142 cm³/mol. The van der Waals surface area contributed by atoms with Crippen LogP contribution in [0.2, 0.25) is 0 Å². The van der Waals surface area contributed by atoms with Gasteiger partial charge in [-0.05, 0) is 59.4 Å². The molecule has 0 aliphatic rings. The van der Waals surface area contributed by atoms with Crippen LogP contribution in [-0.2, 0) is 11.8 Å². The van der Waals surface area contributed by atoms with Crippen molar-refractivity contribution < 1.29 is 14.3 Å². The Morgan fingerprint density at radius 3 is 2.24 bits per heavy atom. The quantitative estimate of drug-likeness (QED) is 0.318. The van der Waals surface area contributed by atoms with Gasteiger partial charge in [0.1, 0.15) is 0 Å². The van der Waals surface area contributed by atoms with Gasteiger partial charge in [-0.1, -0.05) is 63.2 Å². The van der Waals surface area contributed by atoms with Crippen molar-refractivity contribution in [2.24, 2.45) is 0 Å². The van der Waals surface area contributed by atoms with Gasteiger partial charge < -0.3 is 20.1 Å². The molecule has 0 radical (unpaired) electrons. The average molecular weight is 477 g/mol. The first-order valence-electron chi connectivity index (χ1n) is 11.2. The number of carbonyl (C=O) groups is 1. The van der Waals surface area contributed by atoms with E-state index in [9.17, 15) is 4.79 Å². The zero-order chi connectivity index (χ0) is 24.7. The maximum Gasteiger partial charge on any atom is 0.193 e. The highest BCUT2D eigenvalue weighted by Gasteiger charge is 2.15. The Morgan fingerprint density at radius 2 is 1.59 bits per heavy atom. The fourth-order valence-corrected chi connectivity index (χ4v) is 3.78. The number of carbonyl (C=O) groups excluding carboxylic acids is 1. The predicted octanol–water partition coefficient (Wildman–Crippen LogP) is 5.76. The van der Waals surface area contributed by atoms with Crippen molar-refractivity contribution in [3.63, 3.8) is 0 Å². The molecule has 0 saturated carbocycles. The normalized spacial score (nSPS) is 11.0. The van der Waals surface area contributed by atoms with Gasteiger partial charge in [0.25, 0.3) is 0 Å². The van der Waals surface area contributed by atoms with Crippen molar-refractivity contribution in [2.45, 2.75) is 32.6 Å². The number of ether oxygens (including phenoxy) is 2. The highest BCUT2D eigenvalue weighted by atomic mass is 32.1. The van der Waals surface area contributed by atoms with Crippen LogP contribution in [0.4, 0.5) is 5.69 Å². The Labute approximate surface area is 207 Å². The minimum Gasteiger partial charge on any atom is -0.493 e. The van der Waals surface area contributed by atoms with E-state index in [0.717, 1.165) is 17.7 Å². The van der Waals surface area contributed by atoms with Gasteiger partial charge in [0.15, 0.2) is 22.4 Å². The molecule has 0 unspecified atom stereocenters. The molecule has 3 rings (SSSR count). The molecule has 3 aromatic rings. The molecule has 0 heterocycles. The van der Waals surface area contributed by atoms with Gasteiger partial charge in [0.2, 0.25) is 0 Å². The minimum atomic E-state index is -0.0172. The maximum absolute atomic E-state index is 13.0. The van der Waals surface area contributed by atoms with Crippen molar-refractivity contribution in [1.29, 1.82) is 0 Å². The lowest BCUT2D eigenvalue weighted by Gasteiger charge is -2.19. The Hall–Kier alpha value is -3.38. The van der Waals surface area contributed by atoms with Crippen LogP contribution in [0.1, 0.15) is 47.8 Å². The summed E-state index contributed by atoms with van der Waals surface area (Å²) in [7, 11) is 3.24. The molecule has 0 saturated heterocycles. The van der Waals surface area contributed by atoms with Gasteiger partial charge in [-0.15, -0.1) is 0 Å². The maximum atomic E-state index is 13.0.